The van der Waals surface area contributed by atoms with Gasteiger partial charge in [0.15, 0.2) is 5.96 Å². The monoisotopic (exact) mass is 332 g/mol. The van der Waals surface area contributed by atoms with Crippen molar-refractivity contribution in [2.75, 3.05) is 33.8 Å². The maximum Gasteiger partial charge on any atom is 0.191 e. The van der Waals surface area contributed by atoms with Crippen LogP contribution in [0.1, 0.15) is 38.2 Å². The van der Waals surface area contributed by atoms with Gasteiger partial charge in [-0.25, -0.2) is 4.99 Å². The summed E-state index contributed by atoms with van der Waals surface area (Å²) in [5.41, 5.74) is 1.12. The Balaban J connectivity index is 1.96. The van der Waals surface area contributed by atoms with Crippen LogP contribution in [-0.2, 0) is 6.54 Å². The van der Waals surface area contributed by atoms with E-state index < -0.39 is 0 Å². The van der Waals surface area contributed by atoms with Gasteiger partial charge in [-0.3, -0.25) is 0 Å². The molecular weight excluding hydrogens is 300 g/mol. The van der Waals surface area contributed by atoms with Gasteiger partial charge in [-0.1, -0.05) is 31.0 Å². The van der Waals surface area contributed by atoms with Gasteiger partial charge in [-0.15, -0.1) is 0 Å². The highest BCUT2D eigenvalue weighted by Gasteiger charge is 2.15. The third kappa shape index (κ3) is 6.40. The first kappa shape index (κ1) is 18.6. The predicted molar refractivity (Wildman–Crippen MR) is 101 cm³/mol. The number of aliphatic imine (C=N–C) groups is 1. The Morgan fingerprint density at radius 1 is 1.25 bits per heavy atom. The van der Waals surface area contributed by atoms with Gasteiger partial charge in [-0.05, 0) is 39.9 Å². The first-order chi connectivity index (χ1) is 11.7. The van der Waals surface area contributed by atoms with Gasteiger partial charge in [0.2, 0.25) is 0 Å². The second-order valence-electron chi connectivity index (χ2n) is 6.58. The summed E-state index contributed by atoms with van der Waals surface area (Å²) >= 11 is 0. The van der Waals surface area contributed by atoms with Crippen molar-refractivity contribution in [3.8, 4) is 5.75 Å². The SMILES string of the molecule is CCNC(=NCc1ccccc1OCCN(C)C)NC1CCCC1. The van der Waals surface area contributed by atoms with E-state index in [0.717, 1.165) is 30.4 Å². The number of benzene rings is 1. The van der Waals surface area contributed by atoms with E-state index in [9.17, 15) is 0 Å². The summed E-state index contributed by atoms with van der Waals surface area (Å²) < 4.78 is 5.92. The van der Waals surface area contributed by atoms with Gasteiger partial charge in [0, 0.05) is 24.7 Å². The van der Waals surface area contributed by atoms with Crippen LogP contribution >= 0.6 is 0 Å². The summed E-state index contributed by atoms with van der Waals surface area (Å²) in [6.45, 7) is 5.20. The molecule has 0 saturated heterocycles. The number of likely N-dealkylation sites (N-methyl/N-ethyl adjacent to an activating group) is 1. The van der Waals surface area contributed by atoms with Crippen LogP contribution in [0, 0.1) is 0 Å². The van der Waals surface area contributed by atoms with Gasteiger partial charge >= 0.3 is 0 Å². The Bertz CT molecular complexity index is 510. The van der Waals surface area contributed by atoms with E-state index in [4.69, 9.17) is 9.73 Å². The van der Waals surface area contributed by atoms with Crippen LogP contribution in [0.25, 0.3) is 0 Å². The number of nitrogens with zero attached hydrogens (tertiary/aromatic N) is 2. The third-order valence-electron chi connectivity index (χ3n) is 4.22. The molecule has 0 aromatic heterocycles. The second kappa shape index (κ2) is 10.2. The number of nitrogens with one attached hydrogen (secondary N) is 2. The smallest absolute Gasteiger partial charge is 0.191 e. The highest BCUT2D eigenvalue weighted by molar-refractivity contribution is 5.80. The lowest BCUT2D eigenvalue weighted by atomic mass is 10.2. The first-order valence-electron chi connectivity index (χ1n) is 9.09. The molecule has 1 aromatic rings. The average Bonchev–Trinajstić information content (AvgIpc) is 3.06. The Morgan fingerprint density at radius 2 is 2.00 bits per heavy atom. The predicted octanol–water partition coefficient (Wildman–Crippen LogP) is 2.62. The summed E-state index contributed by atoms with van der Waals surface area (Å²) in [5.74, 6) is 1.84. The Kier molecular flexibility index (Phi) is 7.89. The minimum Gasteiger partial charge on any atom is -0.492 e. The van der Waals surface area contributed by atoms with E-state index >= 15 is 0 Å². The molecule has 1 aromatic carbocycles. The van der Waals surface area contributed by atoms with Crippen molar-refractivity contribution in [2.45, 2.75) is 45.2 Å². The van der Waals surface area contributed by atoms with E-state index in [1.54, 1.807) is 0 Å². The fourth-order valence-corrected chi connectivity index (χ4v) is 2.86. The van der Waals surface area contributed by atoms with Crippen LogP contribution in [0.4, 0.5) is 0 Å². The highest BCUT2D eigenvalue weighted by atomic mass is 16.5. The van der Waals surface area contributed by atoms with Gasteiger partial charge in [-0.2, -0.15) is 0 Å². The zero-order valence-corrected chi connectivity index (χ0v) is 15.3. The van der Waals surface area contributed by atoms with Gasteiger partial charge in [0.05, 0.1) is 6.54 Å². The highest BCUT2D eigenvalue weighted by Crippen LogP contribution is 2.19. The normalized spacial score (nSPS) is 15.8. The average molecular weight is 332 g/mol. The second-order valence-corrected chi connectivity index (χ2v) is 6.58. The maximum atomic E-state index is 5.92. The molecule has 0 unspecified atom stereocenters. The largest absolute Gasteiger partial charge is 0.492 e. The van der Waals surface area contributed by atoms with E-state index in [1.807, 2.05) is 18.2 Å². The molecule has 0 spiro atoms. The number of rotatable bonds is 8. The van der Waals surface area contributed by atoms with Crippen molar-refractivity contribution in [1.82, 2.24) is 15.5 Å². The van der Waals surface area contributed by atoms with Crippen LogP contribution in [-0.4, -0.2) is 50.7 Å². The van der Waals surface area contributed by atoms with Crippen molar-refractivity contribution in [3.05, 3.63) is 29.8 Å². The summed E-state index contributed by atoms with van der Waals surface area (Å²) in [7, 11) is 4.11. The molecule has 1 saturated carbocycles. The Morgan fingerprint density at radius 3 is 2.71 bits per heavy atom. The summed E-state index contributed by atoms with van der Waals surface area (Å²) in [6, 6.07) is 8.74. The molecule has 0 atom stereocenters. The molecule has 0 aliphatic heterocycles. The number of ether oxygens (including phenoxy) is 1. The number of hydrogen-bond donors (Lipinski definition) is 2. The maximum absolute atomic E-state index is 5.92. The lowest BCUT2D eigenvalue weighted by Gasteiger charge is -2.17. The molecule has 2 N–H and O–H groups in total. The zero-order chi connectivity index (χ0) is 17.2. The topological polar surface area (TPSA) is 48.9 Å². The van der Waals surface area contributed by atoms with Crippen molar-refractivity contribution in [3.63, 3.8) is 0 Å². The molecule has 0 amide bonds. The van der Waals surface area contributed by atoms with Crippen LogP contribution in [0.15, 0.2) is 29.3 Å². The summed E-state index contributed by atoms with van der Waals surface area (Å²) in [5, 5.41) is 6.90. The number of para-hydroxylation sites is 1. The van der Waals surface area contributed by atoms with Crippen LogP contribution in [0.5, 0.6) is 5.75 Å². The molecule has 1 aliphatic carbocycles. The van der Waals surface area contributed by atoms with Gasteiger partial charge in [0.25, 0.3) is 0 Å². The molecule has 5 nitrogen and oxygen atoms in total. The molecule has 5 heteroatoms. The van der Waals surface area contributed by atoms with E-state index in [0.29, 0.717) is 19.2 Å². The third-order valence-corrected chi connectivity index (χ3v) is 4.22. The summed E-state index contributed by atoms with van der Waals surface area (Å²) in [6.07, 6.45) is 5.13. The molecule has 0 radical (unpaired) electrons. The zero-order valence-electron chi connectivity index (χ0n) is 15.3. The molecular formula is C19H32N4O. The first-order valence-corrected chi connectivity index (χ1v) is 9.09. The van der Waals surface area contributed by atoms with E-state index in [-0.39, 0.29) is 0 Å². The molecule has 1 fully saturated rings. The standard InChI is InChI=1S/C19H32N4O/c1-4-20-19(22-17-10-6-7-11-17)21-15-16-9-5-8-12-18(16)24-14-13-23(2)3/h5,8-9,12,17H,4,6-7,10-11,13-15H2,1-3H3,(H2,20,21,22). The van der Waals surface area contributed by atoms with Crippen LogP contribution in [0.3, 0.4) is 0 Å². The fraction of sp³-hybridized carbons (Fsp3) is 0.632. The molecule has 1 aliphatic rings. The molecule has 0 heterocycles. The number of guanidine groups is 1. The van der Waals surface area contributed by atoms with Crippen molar-refractivity contribution < 1.29 is 4.74 Å². The summed E-state index contributed by atoms with van der Waals surface area (Å²) in [4.78, 5) is 6.88. The molecule has 2 rings (SSSR count). The van der Waals surface area contributed by atoms with E-state index in [2.05, 4.69) is 42.6 Å². The molecule has 134 valence electrons. The van der Waals surface area contributed by atoms with Crippen molar-refractivity contribution in [1.29, 1.82) is 0 Å². The Labute approximate surface area is 146 Å². The molecule has 0 bridgehead atoms. The van der Waals surface area contributed by atoms with Crippen molar-refractivity contribution >= 4 is 5.96 Å². The van der Waals surface area contributed by atoms with E-state index in [1.165, 1.54) is 25.7 Å². The molecule has 24 heavy (non-hydrogen) atoms. The van der Waals surface area contributed by atoms with Crippen molar-refractivity contribution in [2.24, 2.45) is 4.99 Å². The quantitative estimate of drug-likeness (QED) is 0.567. The minimum absolute atomic E-state index is 0.564. The lowest BCUT2D eigenvalue weighted by molar-refractivity contribution is 0.259. The number of hydrogen-bond acceptors (Lipinski definition) is 3. The van der Waals surface area contributed by atoms with Crippen LogP contribution in [0.2, 0.25) is 0 Å². The Hall–Kier alpha value is -1.75. The lowest BCUT2D eigenvalue weighted by Crippen LogP contribution is -2.42. The van der Waals surface area contributed by atoms with Crippen LogP contribution < -0.4 is 15.4 Å². The van der Waals surface area contributed by atoms with Gasteiger partial charge < -0.3 is 20.3 Å². The fourth-order valence-electron chi connectivity index (χ4n) is 2.86. The minimum atomic E-state index is 0.564. The van der Waals surface area contributed by atoms with Gasteiger partial charge in [0.1, 0.15) is 12.4 Å².